The van der Waals surface area contributed by atoms with Crippen LogP contribution in [0.15, 0.2) is 54.4 Å². The minimum absolute atomic E-state index is 0.0263. The number of nitrogens with one attached hydrogen (secondary N) is 2. The number of nitrogens with zero attached hydrogens (tertiary/aromatic N) is 5. The Morgan fingerprint density at radius 3 is 2.69 bits per heavy atom. The van der Waals surface area contributed by atoms with E-state index >= 15 is 0 Å². The number of benzene rings is 1. The average molecular weight is 534 g/mol. The first kappa shape index (κ1) is 27.6. The van der Waals surface area contributed by atoms with Crippen LogP contribution in [0.4, 0.5) is 0 Å². The van der Waals surface area contributed by atoms with Gasteiger partial charge in [-0.15, -0.1) is 15.3 Å². The topological polar surface area (TPSA) is 157 Å². The Morgan fingerprint density at radius 2 is 1.97 bits per heavy atom. The number of ether oxygens (including phenoxy) is 3. The highest BCUT2D eigenvalue weighted by molar-refractivity contribution is 6.05. The van der Waals surface area contributed by atoms with Crippen molar-refractivity contribution in [2.45, 2.75) is 32.0 Å². The van der Waals surface area contributed by atoms with Gasteiger partial charge < -0.3 is 24.6 Å². The molecule has 0 spiro atoms. The average Bonchev–Trinajstić information content (AvgIpc) is 3.38. The number of methoxy groups -OCH3 is 2. The summed E-state index contributed by atoms with van der Waals surface area (Å²) in [5.41, 5.74) is 2.20. The van der Waals surface area contributed by atoms with Crippen LogP contribution in [0.2, 0.25) is 0 Å². The second kappa shape index (κ2) is 13.4. The molecule has 1 unspecified atom stereocenters. The van der Waals surface area contributed by atoms with Gasteiger partial charge in [0, 0.05) is 43.8 Å². The number of pyridine rings is 1. The fraction of sp³-hybridized carbons (Fsp3) is 0.333. The Bertz CT molecular complexity index is 1450. The molecule has 0 aliphatic heterocycles. The molecule has 0 saturated carbocycles. The lowest BCUT2D eigenvalue weighted by Gasteiger charge is -2.15. The number of aryl methyl sites for hydroxylation is 1. The van der Waals surface area contributed by atoms with E-state index in [4.69, 9.17) is 19.6 Å². The van der Waals surface area contributed by atoms with Crippen molar-refractivity contribution in [3.05, 3.63) is 71.5 Å². The van der Waals surface area contributed by atoms with Crippen molar-refractivity contribution in [1.82, 2.24) is 30.1 Å². The van der Waals surface area contributed by atoms with Crippen LogP contribution in [0.1, 0.15) is 29.9 Å². The standard InChI is InChI=1S/C27H31N7O5/c1-37-16-20(36)13-24(28)26-32-31-25-22-5-3-4-6-23(22)27(33-34(25)26)39-15-19-9-7-18(14-30-19)8-10-21(38-2)11-12-29-17-35/h3-7,9,13-14,17,21,28,36H,8,10-12,15-16H2,1-2H3,(H,29,35)/b20-13-,28-24?. The number of amides is 1. The molecule has 1 aromatic carbocycles. The largest absolute Gasteiger partial charge is 0.510 e. The number of aliphatic hydroxyl groups is 1. The summed E-state index contributed by atoms with van der Waals surface area (Å²) in [4.78, 5) is 15.0. The van der Waals surface area contributed by atoms with Crippen molar-refractivity contribution in [2.24, 2.45) is 0 Å². The van der Waals surface area contributed by atoms with Crippen molar-refractivity contribution >= 4 is 28.5 Å². The molecule has 3 heterocycles. The summed E-state index contributed by atoms with van der Waals surface area (Å²) in [6, 6.07) is 11.4. The van der Waals surface area contributed by atoms with Crippen LogP contribution in [0.3, 0.4) is 0 Å². The lowest BCUT2D eigenvalue weighted by Crippen LogP contribution is -2.21. The van der Waals surface area contributed by atoms with Gasteiger partial charge in [0.05, 0.1) is 11.8 Å². The molecule has 0 aliphatic rings. The van der Waals surface area contributed by atoms with E-state index in [-0.39, 0.29) is 36.6 Å². The fourth-order valence-electron chi connectivity index (χ4n) is 4.09. The quantitative estimate of drug-likeness (QED) is 0.0904. The Kier molecular flexibility index (Phi) is 9.48. The van der Waals surface area contributed by atoms with Gasteiger partial charge >= 0.3 is 0 Å². The predicted molar refractivity (Wildman–Crippen MR) is 144 cm³/mol. The van der Waals surface area contributed by atoms with Gasteiger partial charge in [0.15, 0.2) is 5.65 Å². The minimum Gasteiger partial charge on any atom is -0.510 e. The van der Waals surface area contributed by atoms with Crippen LogP contribution >= 0.6 is 0 Å². The second-order valence-electron chi connectivity index (χ2n) is 8.80. The lowest BCUT2D eigenvalue weighted by molar-refractivity contribution is -0.109. The van der Waals surface area contributed by atoms with Gasteiger partial charge in [-0.05, 0) is 37.0 Å². The molecular formula is C27H31N7O5. The number of hydrogen-bond acceptors (Lipinski definition) is 10. The first-order chi connectivity index (χ1) is 19.0. The van der Waals surface area contributed by atoms with E-state index in [2.05, 4.69) is 25.6 Å². The van der Waals surface area contributed by atoms with Crippen LogP contribution in [-0.2, 0) is 27.3 Å². The highest BCUT2D eigenvalue weighted by Gasteiger charge is 2.17. The Morgan fingerprint density at radius 1 is 1.15 bits per heavy atom. The summed E-state index contributed by atoms with van der Waals surface area (Å²) in [6.45, 7) is 0.738. The second-order valence-corrected chi connectivity index (χ2v) is 8.80. The van der Waals surface area contributed by atoms with Gasteiger partial charge in [-0.1, -0.05) is 24.3 Å². The van der Waals surface area contributed by atoms with E-state index in [1.54, 1.807) is 7.11 Å². The zero-order valence-corrected chi connectivity index (χ0v) is 21.8. The number of aliphatic hydroxyl groups excluding tert-OH is 1. The molecule has 0 aliphatic carbocycles. The zero-order chi connectivity index (χ0) is 27.6. The van der Waals surface area contributed by atoms with Crippen molar-refractivity contribution in [3.63, 3.8) is 0 Å². The van der Waals surface area contributed by atoms with E-state index in [9.17, 15) is 9.90 Å². The molecule has 39 heavy (non-hydrogen) atoms. The molecule has 12 heteroatoms. The molecule has 1 atom stereocenters. The first-order valence-corrected chi connectivity index (χ1v) is 12.4. The number of carbonyl (C=O) groups is 1. The van der Waals surface area contributed by atoms with Gasteiger partial charge in [0.1, 0.15) is 24.7 Å². The van der Waals surface area contributed by atoms with Gasteiger partial charge in [0.2, 0.25) is 18.1 Å². The van der Waals surface area contributed by atoms with Crippen molar-refractivity contribution in [1.29, 1.82) is 5.41 Å². The molecule has 3 N–H and O–H groups in total. The van der Waals surface area contributed by atoms with Crippen LogP contribution in [-0.4, -0.2) is 75.5 Å². The number of allylic oxidation sites excluding steroid dienone is 1. The molecule has 204 valence electrons. The molecule has 4 aromatic rings. The Hall–Kier alpha value is -4.42. The number of fused-ring (bicyclic) bond motifs is 3. The minimum atomic E-state index is -0.112. The molecule has 12 nitrogen and oxygen atoms in total. The van der Waals surface area contributed by atoms with E-state index in [0.717, 1.165) is 41.3 Å². The molecule has 0 saturated heterocycles. The SMILES string of the molecule is COC/C(O)=C/C(=N)c1nnc2c3ccccc3c(OCc3ccc(CCC(CCNC=O)OC)cn3)nn12. The fourth-order valence-corrected chi connectivity index (χ4v) is 4.09. The van der Waals surface area contributed by atoms with Gasteiger partial charge in [0.25, 0.3) is 0 Å². The van der Waals surface area contributed by atoms with E-state index in [0.29, 0.717) is 24.5 Å². The van der Waals surface area contributed by atoms with Crippen molar-refractivity contribution < 1.29 is 24.1 Å². The van der Waals surface area contributed by atoms with E-state index in [1.165, 1.54) is 17.7 Å². The number of aromatic nitrogens is 5. The Balaban J connectivity index is 1.49. The molecule has 0 radical (unpaired) electrons. The summed E-state index contributed by atoms with van der Waals surface area (Å²) in [6.07, 6.45) is 6.18. The summed E-state index contributed by atoms with van der Waals surface area (Å²) >= 11 is 0. The molecule has 1 amide bonds. The summed E-state index contributed by atoms with van der Waals surface area (Å²) in [7, 11) is 3.13. The van der Waals surface area contributed by atoms with Gasteiger partial charge in [-0.2, -0.15) is 4.52 Å². The highest BCUT2D eigenvalue weighted by Crippen LogP contribution is 2.27. The van der Waals surface area contributed by atoms with Crippen LogP contribution < -0.4 is 10.1 Å². The van der Waals surface area contributed by atoms with Crippen LogP contribution in [0, 0.1) is 5.41 Å². The summed E-state index contributed by atoms with van der Waals surface area (Å²) in [5, 5.41) is 35.4. The summed E-state index contributed by atoms with van der Waals surface area (Å²) < 4.78 is 17.9. The van der Waals surface area contributed by atoms with Crippen molar-refractivity contribution in [2.75, 3.05) is 27.4 Å². The number of rotatable bonds is 15. The van der Waals surface area contributed by atoms with Crippen LogP contribution in [0.25, 0.3) is 16.4 Å². The lowest BCUT2D eigenvalue weighted by atomic mass is 10.1. The maximum atomic E-state index is 10.4. The Labute approximate surface area is 225 Å². The third-order valence-electron chi connectivity index (χ3n) is 6.10. The molecule has 4 rings (SSSR count). The summed E-state index contributed by atoms with van der Waals surface area (Å²) in [5.74, 6) is 0.385. The van der Waals surface area contributed by atoms with E-state index in [1.807, 2.05) is 42.6 Å². The normalized spacial score (nSPS) is 12.5. The third-order valence-corrected chi connectivity index (χ3v) is 6.10. The number of carbonyl (C=O) groups excluding carboxylic acids is 1. The van der Waals surface area contributed by atoms with Gasteiger partial charge in [-0.25, -0.2) is 0 Å². The predicted octanol–water partition coefficient (Wildman–Crippen LogP) is 2.79. The monoisotopic (exact) mass is 533 g/mol. The number of hydrogen-bond donors (Lipinski definition) is 3. The van der Waals surface area contributed by atoms with Crippen molar-refractivity contribution in [3.8, 4) is 5.88 Å². The third kappa shape index (κ3) is 6.92. The smallest absolute Gasteiger partial charge is 0.240 e. The molecular weight excluding hydrogens is 502 g/mol. The maximum absolute atomic E-state index is 10.4. The molecule has 0 bridgehead atoms. The molecule has 3 aromatic heterocycles. The van der Waals surface area contributed by atoms with Crippen LogP contribution in [0.5, 0.6) is 5.88 Å². The maximum Gasteiger partial charge on any atom is 0.240 e. The van der Waals surface area contributed by atoms with Gasteiger partial charge in [-0.3, -0.25) is 15.2 Å². The van der Waals surface area contributed by atoms with E-state index < -0.39 is 0 Å². The highest BCUT2D eigenvalue weighted by atomic mass is 16.5. The molecule has 0 fully saturated rings. The zero-order valence-electron chi connectivity index (χ0n) is 21.8. The first-order valence-electron chi connectivity index (χ1n) is 12.4.